The van der Waals surface area contributed by atoms with Crippen molar-refractivity contribution in [3.05, 3.63) is 35.8 Å². The molecular weight excluding hydrogens is 260 g/mol. The van der Waals surface area contributed by atoms with E-state index in [2.05, 4.69) is 20.6 Å². The minimum absolute atomic E-state index is 0.365. The highest BCUT2D eigenvalue weighted by molar-refractivity contribution is 7.80. The second-order valence-electron chi connectivity index (χ2n) is 4.16. The average molecular weight is 276 g/mol. The molecule has 0 aromatic carbocycles. The number of hydrogen-bond acceptors (Lipinski definition) is 5. The Balaban J connectivity index is 1.92. The molecule has 0 aliphatic rings. The molecule has 2 rings (SSSR count). The summed E-state index contributed by atoms with van der Waals surface area (Å²) in [7, 11) is 0. The van der Waals surface area contributed by atoms with Crippen LogP contribution in [0.15, 0.2) is 24.7 Å². The SMILES string of the molecule is Cc1ccnc(NCCCn2ccnn2)c1C(N)=S. The van der Waals surface area contributed by atoms with Crippen molar-refractivity contribution in [2.45, 2.75) is 19.9 Å². The van der Waals surface area contributed by atoms with Crippen LogP contribution in [0.25, 0.3) is 0 Å². The van der Waals surface area contributed by atoms with Gasteiger partial charge in [0.15, 0.2) is 0 Å². The van der Waals surface area contributed by atoms with Crippen molar-refractivity contribution in [2.75, 3.05) is 11.9 Å². The maximum atomic E-state index is 5.73. The highest BCUT2D eigenvalue weighted by atomic mass is 32.1. The second-order valence-corrected chi connectivity index (χ2v) is 4.60. The largest absolute Gasteiger partial charge is 0.389 e. The predicted octanol–water partition coefficient (Wildman–Crippen LogP) is 1.12. The van der Waals surface area contributed by atoms with Crippen LogP contribution >= 0.6 is 12.2 Å². The molecule has 0 bridgehead atoms. The van der Waals surface area contributed by atoms with Gasteiger partial charge in [0.2, 0.25) is 0 Å². The minimum Gasteiger partial charge on any atom is -0.389 e. The number of thiocarbonyl (C=S) groups is 1. The number of aromatic nitrogens is 4. The molecule has 0 atom stereocenters. The molecule has 0 saturated carbocycles. The first-order valence-electron chi connectivity index (χ1n) is 6.02. The molecule has 0 aliphatic heterocycles. The molecule has 0 radical (unpaired) electrons. The fourth-order valence-corrected chi connectivity index (χ4v) is 2.06. The van der Waals surface area contributed by atoms with Gasteiger partial charge in [-0.15, -0.1) is 5.10 Å². The van der Waals surface area contributed by atoms with Crippen LogP contribution in [0.5, 0.6) is 0 Å². The molecule has 2 aromatic heterocycles. The van der Waals surface area contributed by atoms with Crippen molar-refractivity contribution in [1.29, 1.82) is 0 Å². The lowest BCUT2D eigenvalue weighted by Gasteiger charge is -2.12. The lowest BCUT2D eigenvalue weighted by molar-refractivity contribution is 0.569. The van der Waals surface area contributed by atoms with Crippen LogP contribution in [0, 0.1) is 6.92 Å². The first kappa shape index (κ1) is 13.4. The Kier molecular flexibility index (Phi) is 4.40. The van der Waals surface area contributed by atoms with Gasteiger partial charge in [-0.25, -0.2) is 4.98 Å². The summed E-state index contributed by atoms with van der Waals surface area (Å²) in [5.41, 5.74) is 7.57. The lowest BCUT2D eigenvalue weighted by Crippen LogP contribution is -2.17. The number of nitrogens with one attached hydrogen (secondary N) is 1. The molecular formula is C12H16N6S. The molecule has 19 heavy (non-hydrogen) atoms. The average Bonchev–Trinajstić information content (AvgIpc) is 2.87. The van der Waals surface area contributed by atoms with Crippen molar-refractivity contribution < 1.29 is 0 Å². The van der Waals surface area contributed by atoms with Gasteiger partial charge in [0.1, 0.15) is 10.8 Å². The molecule has 2 aromatic rings. The Bertz CT molecular complexity index is 551. The van der Waals surface area contributed by atoms with E-state index in [0.29, 0.717) is 4.99 Å². The topological polar surface area (TPSA) is 81.7 Å². The molecule has 0 unspecified atom stereocenters. The smallest absolute Gasteiger partial charge is 0.136 e. The number of hydrogen-bond donors (Lipinski definition) is 2. The third-order valence-electron chi connectivity index (χ3n) is 2.73. The summed E-state index contributed by atoms with van der Waals surface area (Å²) in [6.45, 7) is 3.55. The van der Waals surface area contributed by atoms with Gasteiger partial charge in [0.25, 0.3) is 0 Å². The third-order valence-corrected chi connectivity index (χ3v) is 2.94. The molecule has 7 heteroatoms. The summed E-state index contributed by atoms with van der Waals surface area (Å²) < 4.78 is 1.79. The van der Waals surface area contributed by atoms with E-state index < -0.39 is 0 Å². The van der Waals surface area contributed by atoms with E-state index in [0.717, 1.165) is 36.5 Å². The van der Waals surface area contributed by atoms with Crippen molar-refractivity contribution >= 4 is 23.0 Å². The van der Waals surface area contributed by atoms with E-state index >= 15 is 0 Å². The van der Waals surface area contributed by atoms with Crippen molar-refractivity contribution in [3.8, 4) is 0 Å². The van der Waals surface area contributed by atoms with Crippen LogP contribution in [-0.4, -0.2) is 31.5 Å². The molecule has 3 N–H and O–H groups in total. The van der Waals surface area contributed by atoms with Gasteiger partial charge in [-0.05, 0) is 25.0 Å². The Labute approximate surface area is 117 Å². The van der Waals surface area contributed by atoms with E-state index in [1.807, 2.05) is 19.2 Å². The van der Waals surface area contributed by atoms with Gasteiger partial charge in [0, 0.05) is 25.5 Å². The van der Waals surface area contributed by atoms with Gasteiger partial charge in [-0.1, -0.05) is 17.4 Å². The van der Waals surface area contributed by atoms with Crippen LogP contribution in [0.1, 0.15) is 17.5 Å². The monoisotopic (exact) mass is 276 g/mol. The lowest BCUT2D eigenvalue weighted by atomic mass is 10.1. The Morgan fingerprint density at radius 3 is 3.00 bits per heavy atom. The summed E-state index contributed by atoms with van der Waals surface area (Å²) in [5, 5.41) is 10.9. The van der Waals surface area contributed by atoms with E-state index in [1.165, 1.54) is 0 Å². The van der Waals surface area contributed by atoms with Crippen LogP contribution in [0.3, 0.4) is 0 Å². The highest BCUT2D eigenvalue weighted by Gasteiger charge is 2.08. The number of pyridine rings is 1. The Morgan fingerprint density at radius 1 is 1.47 bits per heavy atom. The second kappa shape index (κ2) is 6.24. The van der Waals surface area contributed by atoms with Crippen molar-refractivity contribution in [1.82, 2.24) is 20.0 Å². The number of nitrogens with two attached hydrogens (primary N) is 1. The van der Waals surface area contributed by atoms with E-state index in [-0.39, 0.29) is 0 Å². The first-order valence-corrected chi connectivity index (χ1v) is 6.42. The number of rotatable bonds is 6. The Hall–Kier alpha value is -2.02. The normalized spacial score (nSPS) is 10.4. The molecule has 2 heterocycles. The van der Waals surface area contributed by atoms with Crippen LogP contribution in [0.4, 0.5) is 5.82 Å². The quantitative estimate of drug-likeness (QED) is 0.608. The van der Waals surface area contributed by atoms with Gasteiger partial charge >= 0.3 is 0 Å². The predicted molar refractivity (Wildman–Crippen MR) is 78.0 cm³/mol. The van der Waals surface area contributed by atoms with Crippen molar-refractivity contribution in [2.24, 2.45) is 5.73 Å². The van der Waals surface area contributed by atoms with E-state index in [4.69, 9.17) is 18.0 Å². The number of aryl methyl sites for hydroxylation is 2. The molecule has 0 amide bonds. The first-order chi connectivity index (χ1) is 9.18. The highest BCUT2D eigenvalue weighted by Crippen LogP contribution is 2.16. The maximum absolute atomic E-state index is 5.73. The van der Waals surface area contributed by atoms with Gasteiger partial charge in [-0.2, -0.15) is 0 Å². The molecule has 100 valence electrons. The summed E-state index contributed by atoms with van der Waals surface area (Å²) >= 11 is 5.06. The molecule has 0 fully saturated rings. The van der Waals surface area contributed by atoms with E-state index in [1.54, 1.807) is 17.1 Å². The van der Waals surface area contributed by atoms with Crippen LogP contribution in [0.2, 0.25) is 0 Å². The molecule has 0 saturated heterocycles. The molecule has 6 nitrogen and oxygen atoms in total. The number of anilines is 1. The fraction of sp³-hybridized carbons (Fsp3) is 0.333. The molecule has 0 spiro atoms. The maximum Gasteiger partial charge on any atom is 0.136 e. The fourth-order valence-electron chi connectivity index (χ4n) is 1.80. The van der Waals surface area contributed by atoms with E-state index in [9.17, 15) is 0 Å². The summed E-state index contributed by atoms with van der Waals surface area (Å²) in [6, 6.07) is 1.90. The zero-order valence-electron chi connectivity index (χ0n) is 10.7. The standard InChI is InChI=1S/C12H16N6S/c1-9-3-5-15-12(10(9)11(13)19)14-4-2-7-18-8-6-16-17-18/h3,5-6,8H,2,4,7H2,1H3,(H2,13,19)(H,14,15). The zero-order chi connectivity index (χ0) is 13.7. The molecule has 0 aliphatic carbocycles. The number of nitrogens with zero attached hydrogens (tertiary/aromatic N) is 4. The zero-order valence-corrected chi connectivity index (χ0v) is 11.5. The van der Waals surface area contributed by atoms with Gasteiger partial charge in [0.05, 0.1) is 11.8 Å². The van der Waals surface area contributed by atoms with Gasteiger partial charge < -0.3 is 11.1 Å². The Morgan fingerprint density at radius 2 is 2.32 bits per heavy atom. The summed E-state index contributed by atoms with van der Waals surface area (Å²) in [6.07, 6.45) is 6.17. The van der Waals surface area contributed by atoms with Crippen LogP contribution in [-0.2, 0) is 6.54 Å². The van der Waals surface area contributed by atoms with Crippen LogP contribution < -0.4 is 11.1 Å². The van der Waals surface area contributed by atoms with Gasteiger partial charge in [-0.3, -0.25) is 4.68 Å². The third kappa shape index (κ3) is 3.47. The summed E-state index contributed by atoms with van der Waals surface area (Å²) in [5.74, 6) is 0.742. The summed E-state index contributed by atoms with van der Waals surface area (Å²) in [4.78, 5) is 4.65. The minimum atomic E-state index is 0.365. The van der Waals surface area contributed by atoms with Crippen molar-refractivity contribution in [3.63, 3.8) is 0 Å².